The van der Waals surface area contributed by atoms with Crippen LogP contribution >= 0.6 is 11.6 Å². The molecule has 208 valence electrons. The molecule has 5 heterocycles. The first-order valence-corrected chi connectivity index (χ1v) is 13.9. The molecule has 2 saturated heterocycles. The van der Waals surface area contributed by atoms with Crippen molar-refractivity contribution in [3.05, 3.63) is 47.4 Å². The van der Waals surface area contributed by atoms with Crippen LogP contribution in [0.5, 0.6) is 0 Å². The van der Waals surface area contributed by atoms with E-state index in [4.69, 9.17) is 21.8 Å². The topological polar surface area (TPSA) is 148 Å². The molecular weight excluding hydrogens is 534 g/mol. The number of carbonyl (C=O) groups excluding carboxylic acids is 2. The van der Waals surface area contributed by atoms with Gasteiger partial charge >= 0.3 is 6.01 Å². The SMILES string of the molecule is Nc1ncnc2c1c(C(=O)Nc1nc3cc(Cl)ccc3o1)nn2C1CCCN(C(=O)/C=C/CN2CCCCC2)C1. The Hall–Kier alpha value is -4.03. The highest BCUT2D eigenvalue weighted by atomic mass is 35.5. The number of hydrogen-bond acceptors (Lipinski definition) is 9. The maximum Gasteiger partial charge on any atom is 0.302 e. The second-order valence-corrected chi connectivity index (χ2v) is 10.6. The number of piperidine rings is 2. The smallest absolute Gasteiger partial charge is 0.302 e. The summed E-state index contributed by atoms with van der Waals surface area (Å²) in [5.41, 5.74) is 7.66. The van der Waals surface area contributed by atoms with Crippen LogP contribution in [-0.4, -0.2) is 79.1 Å². The number of amides is 2. The molecule has 12 nitrogen and oxygen atoms in total. The number of anilines is 2. The van der Waals surface area contributed by atoms with Gasteiger partial charge < -0.3 is 15.1 Å². The number of oxazole rings is 1. The Morgan fingerprint density at radius 1 is 1.15 bits per heavy atom. The number of fused-ring (bicyclic) bond motifs is 2. The van der Waals surface area contributed by atoms with Crippen molar-refractivity contribution >= 4 is 57.4 Å². The van der Waals surface area contributed by atoms with Gasteiger partial charge in [-0.05, 0) is 57.0 Å². The predicted octanol–water partition coefficient (Wildman–Crippen LogP) is 3.66. The number of nitrogens with one attached hydrogen (secondary N) is 1. The maximum absolute atomic E-state index is 13.3. The van der Waals surface area contributed by atoms with Crippen LogP contribution in [0.4, 0.5) is 11.8 Å². The lowest BCUT2D eigenvalue weighted by molar-refractivity contribution is -0.127. The number of halogens is 1. The molecule has 0 bridgehead atoms. The number of nitrogen functional groups attached to an aromatic ring is 1. The molecule has 2 aliphatic rings. The summed E-state index contributed by atoms with van der Waals surface area (Å²) in [6.07, 6.45) is 10.2. The second kappa shape index (κ2) is 11.2. The molecule has 3 N–H and O–H groups in total. The largest absolute Gasteiger partial charge is 0.423 e. The van der Waals surface area contributed by atoms with E-state index in [-0.39, 0.29) is 29.5 Å². The second-order valence-electron chi connectivity index (χ2n) is 10.2. The van der Waals surface area contributed by atoms with Crippen LogP contribution in [0, 0.1) is 0 Å². The highest BCUT2D eigenvalue weighted by Gasteiger charge is 2.30. The van der Waals surface area contributed by atoms with Gasteiger partial charge in [-0.25, -0.2) is 14.6 Å². The van der Waals surface area contributed by atoms with Crippen LogP contribution in [-0.2, 0) is 4.79 Å². The van der Waals surface area contributed by atoms with Gasteiger partial charge in [-0.2, -0.15) is 10.1 Å². The van der Waals surface area contributed by atoms with Gasteiger partial charge in [0, 0.05) is 30.7 Å². The minimum absolute atomic E-state index is 0.00571. The monoisotopic (exact) mass is 563 g/mol. The molecule has 2 fully saturated rings. The van der Waals surface area contributed by atoms with Crippen LogP contribution in [0.1, 0.15) is 48.6 Å². The van der Waals surface area contributed by atoms with Crippen molar-refractivity contribution in [2.75, 3.05) is 43.8 Å². The van der Waals surface area contributed by atoms with Gasteiger partial charge in [-0.15, -0.1) is 0 Å². The number of aromatic nitrogens is 5. The van der Waals surface area contributed by atoms with Crippen molar-refractivity contribution in [3.8, 4) is 0 Å². The number of nitrogens with zero attached hydrogens (tertiary/aromatic N) is 7. The van der Waals surface area contributed by atoms with Crippen LogP contribution in [0.15, 0.2) is 41.1 Å². The van der Waals surface area contributed by atoms with Crippen LogP contribution in [0.25, 0.3) is 22.1 Å². The van der Waals surface area contributed by atoms with E-state index in [0.717, 1.165) is 32.5 Å². The van der Waals surface area contributed by atoms with Crippen molar-refractivity contribution in [1.82, 2.24) is 34.5 Å². The van der Waals surface area contributed by atoms with Crippen molar-refractivity contribution in [3.63, 3.8) is 0 Å². The van der Waals surface area contributed by atoms with E-state index in [1.807, 2.05) is 11.0 Å². The fraction of sp³-hybridized carbons (Fsp3) is 0.407. The number of carbonyl (C=O) groups is 2. The number of benzene rings is 1. The quantitative estimate of drug-likeness (QED) is 0.335. The van der Waals surface area contributed by atoms with E-state index in [0.29, 0.717) is 40.2 Å². The predicted molar refractivity (Wildman–Crippen MR) is 151 cm³/mol. The third kappa shape index (κ3) is 5.36. The molecule has 40 heavy (non-hydrogen) atoms. The number of likely N-dealkylation sites (tertiary alicyclic amines) is 2. The van der Waals surface area contributed by atoms with Crippen LogP contribution < -0.4 is 11.1 Å². The lowest BCUT2D eigenvalue weighted by atomic mass is 10.1. The summed E-state index contributed by atoms with van der Waals surface area (Å²) in [5.74, 6) is -0.455. The van der Waals surface area contributed by atoms with Gasteiger partial charge in [0.2, 0.25) is 5.91 Å². The van der Waals surface area contributed by atoms with E-state index >= 15 is 0 Å². The number of nitrogens with two attached hydrogens (primary N) is 1. The van der Waals surface area contributed by atoms with Crippen molar-refractivity contribution in [2.24, 2.45) is 0 Å². The summed E-state index contributed by atoms with van der Waals surface area (Å²) in [5, 5.41) is 8.12. The van der Waals surface area contributed by atoms with Gasteiger partial charge in [0.1, 0.15) is 17.7 Å². The average molecular weight is 564 g/mol. The first-order chi connectivity index (χ1) is 19.5. The summed E-state index contributed by atoms with van der Waals surface area (Å²) in [6, 6.07) is 4.82. The van der Waals surface area contributed by atoms with E-state index in [9.17, 15) is 9.59 Å². The Morgan fingerprint density at radius 2 is 2.00 bits per heavy atom. The maximum atomic E-state index is 13.3. The fourth-order valence-electron chi connectivity index (χ4n) is 5.42. The molecule has 1 unspecified atom stereocenters. The molecule has 4 aromatic rings. The van der Waals surface area contributed by atoms with Crippen molar-refractivity contribution in [1.29, 1.82) is 0 Å². The zero-order valence-corrected chi connectivity index (χ0v) is 22.7. The summed E-state index contributed by atoms with van der Waals surface area (Å²) in [6.45, 7) is 4.06. The van der Waals surface area contributed by atoms with Gasteiger partial charge in [0.25, 0.3) is 5.91 Å². The summed E-state index contributed by atoms with van der Waals surface area (Å²) in [7, 11) is 0. The Morgan fingerprint density at radius 3 is 2.85 bits per heavy atom. The molecule has 0 saturated carbocycles. The Bertz CT molecular complexity index is 1590. The molecule has 13 heteroatoms. The van der Waals surface area contributed by atoms with E-state index < -0.39 is 5.91 Å². The van der Waals surface area contributed by atoms with Gasteiger partial charge in [-0.3, -0.25) is 19.8 Å². The summed E-state index contributed by atoms with van der Waals surface area (Å²) in [4.78, 5) is 43.3. The van der Waals surface area contributed by atoms with Crippen molar-refractivity contribution in [2.45, 2.75) is 38.1 Å². The van der Waals surface area contributed by atoms with Gasteiger partial charge in [0.15, 0.2) is 16.9 Å². The third-order valence-electron chi connectivity index (χ3n) is 7.43. The number of hydrogen-bond donors (Lipinski definition) is 2. The third-order valence-corrected chi connectivity index (χ3v) is 7.67. The zero-order chi connectivity index (χ0) is 27.6. The Kier molecular flexibility index (Phi) is 7.35. The molecule has 1 atom stereocenters. The van der Waals surface area contributed by atoms with E-state index in [1.54, 1.807) is 29.0 Å². The van der Waals surface area contributed by atoms with Gasteiger partial charge in [-0.1, -0.05) is 24.1 Å². The van der Waals surface area contributed by atoms with Gasteiger partial charge in [0.05, 0.1) is 11.4 Å². The van der Waals surface area contributed by atoms with E-state index in [1.165, 1.54) is 25.6 Å². The molecule has 3 aromatic heterocycles. The van der Waals surface area contributed by atoms with Crippen LogP contribution in [0.3, 0.4) is 0 Å². The minimum Gasteiger partial charge on any atom is -0.423 e. The van der Waals surface area contributed by atoms with Crippen LogP contribution in [0.2, 0.25) is 5.02 Å². The first kappa shape index (κ1) is 26.2. The van der Waals surface area contributed by atoms with E-state index in [2.05, 4.69) is 30.3 Å². The minimum atomic E-state index is -0.563. The van der Waals surface area contributed by atoms with Crippen molar-refractivity contribution < 1.29 is 14.0 Å². The molecule has 1 aromatic carbocycles. The summed E-state index contributed by atoms with van der Waals surface area (Å²) < 4.78 is 7.33. The fourth-order valence-corrected chi connectivity index (χ4v) is 5.59. The molecule has 0 aliphatic carbocycles. The molecule has 0 radical (unpaired) electrons. The molecule has 6 rings (SSSR count). The lowest BCUT2D eigenvalue weighted by Crippen LogP contribution is -2.40. The summed E-state index contributed by atoms with van der Waals surface area (Å²) >= 11 is 6.04. The normalized spacial score (nSPS) is 18.6. The first-order valence-electron chi connectivity index (χ1n) is 13.5. The standard InChI is InChI=1S/C27H30ClN9O3/c28-17-8-9-20-19(14-17)32-27(40-20)33-26(39)23-22-24(29)30-16-31-25(22)37(34-23)18-6-4-13-36(15-18)21(38)7-5-12-35-10-2-1-3-11-35/h5,7-9,14,16,18H,1-4,6,10-13,15H2,(H2,29,30,31)(H,32,33,39)/b7-5+. The molecule has 2 aliphatic heterocycles. The molecule has 0 spiro atoms. The highest BCUT2D eigenvalue weighted by molar-refractivity contribution is 6.31. The zero-order valence-electron chi connectivity index (χ0n) is 21.9. The average Bonchev–Trinajstić information content (AvgIpc) is 3.55. The number of rotatable bonds is 6. The molecular formula is C27H30ClN9O3. The Labute approximate surface area is 235 Å². The lowest BCUT2D eigenvalue weighted by Gasteiger charge is -2.32. The molecule has 2 amide bonds. The highest BCUT2D eigenvalue weighted by Crippen LogP contribution is 2.30. The Balaban J connectivity index is 1.21.